The van der Waals surface area contributed by atoms with Gasteiger partial charge in [0.25, 0.3) is 0 Å². The molecule has 0 aliphatic rings. The zero-order valence-electron chi connectivity index (χ0n) is 9.59. The summed E-state index contributed by atoms with van der Waals surface area (Å²) in [4.78, 5) is 11.8. The van der Waals surface area contributed by atoms with Crippen LogP contribution in [0, 0.1) is 12.8 Å². The quantitative estimate of drug-likeness (QED) is 0.850. The molecule has 0 saturated heterocycles. The van der Waals surface area contributed by atoms with E-state index >= 15 is 0 Å². The third-order valence-corrected chi connectivity index (χ3v) is 3.08. The second-order valence-electron chi connectivity index (χ2n) is 3.74. The molecule has 0 saturated carbocycles. The van der Waals surface area contributed by atoms with Crippen molar-refractivity contribution in [3.8, 4) is 0 Å². The lowest BCUT2D eigenvalue weighted by Gasteiger charge is -2.14. The van der Waals surface area contributed by atoms with Gasteiger partial charge in [-0.15, -0.1) is 0 Å². The van der Waals surface area contributed by atoms with Crippen LogP contribution in [0.3, 0.4) is 0 Å². The molecular formula is C12H17ClN2O. The molecule has 3 nitrogen and oxygen atoms in total. The van der Waals surface area contributed by atoms with Gasteiger partial charge in [0.1, 0.15) is 0 Å². The van der Waals surface area contributed by atoms with Gasteiger partial charge in [-0.2, -0.15) is 0 Å². The Kier molecular flexibility index (Phi) is 4.77. The largest absolute Gasteiger partial charge is 0.330 e. The molecule has 0 aromatic heterocycles. The van der Waals surface area contributed by atoms with E-state index < -0.39 is 0 Å². The third-order valence-electron chi connectivity index (χ3n) is 2.67. The molecular weight excluding hydrogens is 224 g/mol. The lowest BCUT2D eigenvalue weighted by molar-refractivity contribution is -0.119. The average molecular weight is 241 g/mol. The minimum Gasteiger partial charge on any atom is -0.330 e. The van der Waals surface area contributed by atoms with Crippen LogP contribution < -0.4 is 11.1 Å². The predicted molar refractivity (Wildman–Crippen MR) is 67.7 cm³/mol. The molecule has 0 spiro atoms. The zero-order chi connectivity index (χ0) is 12.1. The number of anilines is 1. The van der Waals surface area contributed by atoms with Crippen molar-refractivity contribution in [1.29, 1.82) is 0 Å². The predicted octanol–water partition coefficient (Wildman–Crippen LogP) is 2.57. The number of benzene rings is 1. The number of hydrogen-bond donors (Lipinski definition) is 2. The lowest BCUT2D eigenvalue weighted by atomic mass is 10.1. The van der Waals surface area contributed by atoms with Crippen LogP contribution in [0.5, 0.6) is 0 Å². The number of carbonyl (C=O) groups is 1. The summed E-state index contributed by atoms with van der Waals surface area (Å²) in [5.74, 6) is -0.186. The number of carbonyl (C=O) groups excluding carboxylic acids is 1. The van der Waals surface area contributed by atoms with E-state index in [-0.39, 0.29) is 11.8 Å². The van der Waals surface area contributed by atoms with Crippen molar-refractivity contribution in [2.45, 2.75) is 20.3 Å². The van der Waals surface area contributed by atoms with Crippen LogP contribution in [0.4, 0.5) is 5.69 Å². The molecule has 0 heterocycles. The van der Waals surface area contributed by atoms with Gasteiger partial charge in [-0.05, 0) is 31.0 Å². The maximum atomic E-state index is 11.8. The Morgan fingerprint density at radius 2 is 2.25 bits per heavy atom. The van der Waals surface area contributed by atoms with Crippen molar-refractivity contribution in [2.24, 2.45) is 11.7 Å². The van der Waals surface area contributed by atoms with Crippen molar-refractivity contribution in [2.75, 3.05) is 11.9 Å². The first-order chi connectivity index (χ1) is 7.60. The Morgan fingerprint density at radius 3 is 2.81 bits per heavy atom. The summed E-state index contributed by atoms with van der Waals surface area (Å²) in [5, 5.41) is 3.50. The standard InChI is InChI=1S/C12H17ClN2O/c1-3-9(7-14)12(16)15-11-6-4-5-10(13)8(11)2/h4-6,9H,3,7,14H2,1-2H3,(H,15,16). The fraction of sp³-hybridized carbons (Fsp3) is 0.417. The molecule has 88 valence electrons. The Labute approximate surface area is 101 Å². The van der Waals surface area contributed by atoms with Crippen molar-refractivity contribution >= 4 is 23.2 Å². The highest BCUT2D eigenvalue weighted by Gasteiger charge is 2.15. The van der Waals surface area contributed by atoms with Gasteiger partial charge in [0.05, 0.1) is 5.92 Å². The van der Waals surface area contributed by atoms with E-state index in [1.54, 1.807) is 6.07 Å². The second-order valence-corrected chi connectivity index (χ2v) is 4.15. The van der Waals surface area contributed by atoms with Gasteiger partial charge < -0.3 is 11.1 Å². The maximum Gasteiger partial charge on any atom is 0.228 e. The minimum absolute atomic E-state index is 0.0460. The SMILES string of the molecule is CCC(CN)C(=O)Nc1cccc(Cl)c1C. The second kappa shape index (κ2) is 5.87. The van der Waals surface area contributed by atoms with Crippen LogP contribution >= 0.6 is 11.6 Å². The summed E-state index contributed by atoms with van der Waals surface area (Å²) in [7, 11) is 0. The van der Waals surface area contributed by atoms with Gasteiger partial charge in [0.15, 0.2) is 0 Å². The molecule has 1 unspecified atom stereocenters. The summed E-state index contributed by atoms with van der Waals surface area (Å²) in [5.41, 5.74) is 7.15. The molecule has 1 atom stereocenters. The molecule has 3 N–H and O–H groups in total. The molecule has 16 heavy (non-hydrogen) atoms. The first-order valence-corrected chi connectivity index (χ1v) is 5.74. The molecule has 0 aliphatic heterocycles. The van der Waals surface area contributed by atoms with Gasteiger partial charge in [-0.1, -0.05) is 24.6 Å². The molecule has 1 aromatic rings. The zero-order valence-corrected chi connectivity index (χ0v) is 10.3. The lowest BCUT2D eigenvalue weighted by Crippen LogP contribution is -2.28. The van der Waals surface area contributed by atoms with Crippen LogP contribution in [0.15, 0.2) is 18.2 Å². The summed E-state index contributed by atoms with van der Waals surface area (Å²) in [6.07, 6.45) is 0.738. The number of nitrogens with one attached hydrogen (secondary N) is 1. The van der Waals surface area contributed by atoms with Gasteiger partial charge in [-0.25, -0.2) is 0 Å². The van der Waals surface area contributed by atoms with E-state index in [0.717, 1.165) is 17.7 Å². The minimum atomic E-state index is -0.140. The van der Waals surface area contributed by atoms with Crippen molar-refractivity contribution in [3.63, 3.8) is 0 Å². The van der Waals surface area contributed by atoms with Gasteiger partial charge in [0.2, 0.25) is 5.91 Å². The van der Waals surface area contributed by atoms with Crippen molar-refractivity contribution in [1.82, 2.24) is 0 Å². The van der Waals surface area contributed by atoms with Crippen LogP contribution in [0.1, 0.15) is 18.9 Å². The van der Waals surface area contributed by atoms with Crippen LogP contribution in [-0.2, 0) is 4.79 Å². The van der Waals surface area contributed by atoms with Crippen LogP contribution in [0.2, 0.25) is 5.02 Å². The van der Waals surface area contributed by atoms with Gasteiger partial charge in [0, 0.05) is 17.3 Å². The molecule has 1 rings (SSSR count). The smallest absolute Gasteiger partial charge is 0.228 e. The number of halogens is 1. The first-order valence-electron chi connectivity index (χ1n) is 5.36. The summed E-state index contributed by atoms with van der Waals surface area (Å²) in [6.45, 7) is 4.19. The third kappa shape index (κ3) is 2.97. The molecule has 0 bridgehead atoms. The highest BCUT2D eigenvalue weighted by atomic mass is 35.5. The topological polar surface area (TPSA) is 55.1 Å². The van der Waals surface area contributed by atoms with Crippen molar-refractivity contribution in [3.05, 3.63) is 28.8 Å². The average Bonchev–Trinajstić information content (AvgIpc) is 2.26. The van der Waals surface area contributed by atoms with E-state index in [1.165, 1.54) is 0 Å². The van der Waals surface area contributed by atoms with Crippen LogP contribution in [-0.4, -0.2) is 12.5 Å². The van der Waals surface area contributed by atoms with E-state index in [4.69, 9.17) is 17.3 Å². The summed E-state index contributed by atoms with van der Waals surface area (Å²) < 4.78 is 0. The highest BCUT2D eigenvalue weighted by Crippen LogP contribution is 2.23. The van der Waals surface area contributed by atoms with E-state index in [1.807, 2.05) is 26.0 Å². The fourth-order valence-corrected chi connectivity index (χ4v) is 1.61. The van der Waals surface area contributed by atoms with E-state index in [2.05, 4.69) is 5.32 Å². The number of amides is 1. The fourth-order valence-electron chi connectivity index (χ4n) is 1.44. The number of nitrogens with two attached hydrogens (primary N) is 1. The van der Waals surface area contributed by atoms with Crippen LogP contribution in [0.25, 0.3) is 0 Å². The highest BCUT2D eigenvalue weighted by molar-refractivity contribution is 6.31. The van der Waals surface area contributed by atoms with Gasteiger partial charge >= 0.3 is 0 Å². The Bertz CT molecular complexity index is 375. The number of rotatable bonds is 4. The molecule has 0 aliphatic carbocycles. The maximum absolute atomic E-state index is 11.8. The Morgan fingerprint density at radius 1 is 1.56 bits per heavy atom. The molecule has 1 aromatic carbocycles. The van der Waals surface area contributed by atoms with Crippen molar-refractivity contribution < 1.29 is 4.79 Å². The first kappa shape index (κ1) is 13.0. The van der Waals surface area contributed by atoms with Gasteiger partial charge in [-0.3, -0.25) is 4.79 Å². The Balaban J connectivity index is 2.80. The Hall–Kier alpha value is -1.06. The summed E-state index contributed by atoms with van der Waals surface area (Å²) in [6, 6.07) is 5.45. The molecule has 0 fully saturated rings. The molecule has 0 radical (unpaired) electrons. The van der Waals surface area contributed by atoms with E-state index in [0.29, 0.717) is 11.6 Å². The number of hydrogen-bond acceptors (Lipinski definition) is 2. The normalized spacial score (nSPS) is 12.2. The van der Waals surface area contributed by atoms with E-state index in [9.17, 15) is 4.79 Å². The molecule has 4 heteroatoms. The monoisotopic (exact) mass is 240 g/mol. The molecule has 1 amide bonds. The summed E-state index contributed by atoms with van der Waals surface area (Å²) >= 11 is 5.97.